The largest absolute Gasteiger partial charge is 0.504 e. The summed E-state index contributed by atoms with van der Waals surface area (Å²) in [6.45, 7) is 3.95. The highest BCUT2D eigenvalue weighted by molar-refractivity contribution is 6.09. The summed E-state index contributed by atoms with van der Waals surface area (Å²) in [6, 6.07) is 1.72. The number of nitrogens with two attached hydrogens (primary N) is 2. The number of fused-ring (bicyclic) bond motifs is 1. The summed E-state index contributed by atoms with van der Waals surface area (Å²) in [5.74, 6) is 0.0905. The van der Waals surface area contributed by atoms with Gasteiger partial charge in [0, 0.05) is 23.3 Å². The molecule has 1 saturated carbocycles. The molecule has 1 aliphatic carbocycles. The molecule has 1 fully saturated rings. The monoisotopic (exact) mass is 395 g/mol. The zero-order valence-electron chi connectivity index (χ0n) is 16.0. The molecule has 150 valence electrons. The van der Waals surface area contributed by atoms with E-state index in [2.05, 4.69) is 30.3 Å². The van der Waals surface area contributed by atoms with Crippen LogP contribution in [0.5, 0.6) is 0 Å². The Hall–Kier alpha value is -3.76. The summed E-state index contributed by atoms with van der Waals surface area (Å²) in [5.41, 5.74) is 13.0. The van der Waals surface area contributed by atoms with Crippen molar-refractivity contribution in [1.29, 1.82) is 0 Å². The van der Waals surface area contributed by atoms with Crippen molar-refractivity contribution in [3.63, 3.8) is 0 Å². The number of aromatic nitrogens is 6. The lowest BCUT2D eigenvalue weighted by molar-refractivity contribution is 0.0996. The summed E-state index contributed by atoms with van der Waals surface area (Å²) >= 11 is 0. The number of aromatic amines is 1. The summed E-state index contributed by atoms with van der Waals surface area (Å²) < 4.78 is 1.37. The van der Waals surface area contributed by atoms with Gasteiger partial charge in [-0.05, 0) is 38.7 Å². The Kier molecular flexibility index (Phi) is 4.49. The first kappa shape index (κ1) is 18.6. The first-order chi connectivity index (χ1) is 13.8. The minimum atomic E-state index is -0.666. The molecule has 3 heterocycles. The molecule has 0 unspecified atom stereocenters. The molecule has 4 rings (SSSR count). The number of aliphatic hydroxyl groups is 1. The lowest BCUT2D eigenvalue weighted by Gasteiger charge is -2.04. The summed E-state index contributed by atoms with van der Waals surface area (Å²) in [4.78, 5) is 24.9. The van der Waals surface area contributed by atoms with Crippen LogP contribution in [0.1, 0.15) is 41.8 Å². The number of hydrogen-bond acceptors (Lipinski definition) is 8. The Labute approximate surface area is 165 Å². The average molecular weight is 395 g/mol. The SMILES string of the molecule is CC(N)=C(O)C(=NCC1CC1)c1nc(-n2nc(C(N)=O)c3cc(C)ncc32)n[nH]1. The van der Waals surface area contributed by atoms with Crippen molar-refractivity contribution >= 4 is 22.5 Å². The molecule has 0 radical (unpaired) electrons. The Morgan fingerprint density at radius 2 is 2.17 bits per heavy atom. The number of pyridine rings is 1. The predicted octanol–water partition coefficient (Wildman–Crippen LogP) is 0.893. The molecule has 29 heavy (non-hydrogen) atoms. The van der Waals surface area contributed by atoms with Crippen molar-refractivity contribution in [3.05, 3.63) is 40.9 Å². The number of aryl methyl sites for hydroxylation is 1. The quantitative estimate of drug-likeness (QED) is 0.354. The lowest BCUT2D eigenvalue weighted by Crippen LogP contribution is -2.14. The van der Waals surface area contributed by atoms with Crippen LogP contribution in [0.25, 0.3) is 16.9 Å². The van der Waals surface area contributed by atoms with Gasteiger partial charge >= 0.3 is 0 Å². The second kappa shape index (κ2) is 7.00. The van der Waals surface area contributed by atoms with Gasteiger partial charge < -0.3 is 16.6 Å². The smallest absolute Gasteiger partial charge is 0.270 e. The van der Waals surface area contributed by atoms with E-state index in [0.29, 0.717) is 23.4 Å². The van der Waals surface area contributed by atoms with E-state index in [9.17, 15) is 9.90 Å². The first-order valence-corrected chi connectivity index (χ1v) is 9.13. The molecule has 11 heteroatoms. The van der Waals surface area contributed by atoms with E-state index < -0.39 is 5.91 Å². The highest BCUT2D eigenvalue weighted by atomic mass is 16.3. The summed E-state index contributed by atoms with van der Waals surface area (Å²) in [5, 5.41) is 22.1. The Morgan fingerprint density at radius 1 is 1.41 bits per heavy atom. The third-order valence-corrected chi connectivity index (χ3v) is 4.63. The fourth-order valence-electron chi connectivity index (χ4n) is 2.88. The number of H-pyrrole nitrogens is 1. The van der Waals surface area contributed by atoms with Crippen molar-refractivity contribution in [2.75, 3.05) is 6.54 Å². The number of carbonyl (C=O) groups excluding carboxylic acids is 1. The Bertz CT molecular complexity index is 1160. The molecule has 0 saturated heterocycles. The maximum Gasteiger partial charge on any atom is 0.270 e. The second-order valence-corrected chi connectivity index (χ2v) is 7.12. The Balaban J connectivity index is 1.80. The fraction of sp³-hybridized carbons (Fsp3) is 0.333. The van der Waals surface area contributed by atoms with Crippen molar-refractivity contribution in [3.8, 4) is 5.95 Å². The minimum Gasteiger partial charge on any atom is -0.504 e. The molecule has 6 N–H and O–H groups in total. The van der Waals surface area contributed by atoms with Crippen molar-refractivity contribution in [2.24, 2.45) is 22.4 Å². The molecule has 0 bridgehead atoms. The van der Waals surface area contributed by atoms with Crippen LogP contribution in [0.2, 0.25) is 0 Å². The van der Waals surface area contributed by atoms with E-state index in [4.69, 9.17) is 11.5 Å². The molecule has 1 amide bonds. The number of primary amides is 1. The van der Waals surface area contributed by atoms with Gasteiger partial charge in [0.05, 0.1) is 11.7 Å². The second-order valence-electron chi connectivity index (χ2n) is 7.12. The standard InChI is InChI=1S/C18H21N9O2/c1-8-5-11-12(7-21-8)27(26-13(11)16(20)29)18-23-17(24-25-18)14(15(28)9(2)19)22-6-10-3-4-10/h5,7,10,28H,3-4,6,19H2,1-2H3,(H2,20,29)(H,23,24,25). The van der Waals surface area contributed by atoms with Gasteiger partial charge in [0.25, 0.3) is 11.9 Å². The molecular weight excluding hydrogens is 374 g/mol. The maximum atomic E-state index is 11.8. The lowest BCUT2D eigenvalue weighted by atomic mass is 10.2. The van der Waals surface area contributed by atoms with Gasteiger partial charge in [-0.1, -0.05) is 0 Å². The molecule has 3 aromatic heterocycles. The van der Waals surface area contributed by atoms with E-state index in [0.717, 1.165) is 18.5 Å². The molecular formula is C18H21N9O2. The molecule has 3 aromatic rings. The van der Waals surface area contributed by atoms with Crippen LogP contribution in [0.3, 0.4) is 0 Å². The Morgan fingerprint density at radius 3 is 2.83 bits per heavy atom. The first-order valence-electron chi connectivity index (χ1n) is 9.13. The summed E-state index contributed by atoms with van der Waals surface area (Å²) in [7, 11) is 0. The van der Waals surface area contributed by atoms with E-state index in [1.165, 1.54) is 4.68 Å². The fourth-order valence-corrected chi connectivity index (χ4v) is 2.88. The van der Waals surface area contributed by atoms with E-state index in [1.807, 2.05) is 0 Å². The van der Waals surface area contributed by atoms with E-state index >= 15 is 0 Å². The minimum absolute atomic E-state index is 0.0972. The van der Waals surface area contributed by atoms with Gasteiger partial charge in [-0.25, -0.2) is 0 Å². The third-order valence-electron chi connectivity index (χ3n) is 4.63. The van der Waals surface area contributed by atoms with Crippen molar-refractivity contribution in [2.45, 2.75) is 26.7 Å². The number of hydrogen-bond donors (Lipinski definition) is 4. The van der Waals surface area contributed by atoms with Gasteiger partial charge in [-0.3, -0.25) is 19.9 Å². The topological polar surface area (TPSA) is 174 Å². The molecule has 0 aromatic carbocycles. The molecule has 0 atom stereocenters. The van der Waals surface area contributed by atoms with E-state index in [-0.39, 0.29) is 34.6 Å². The maximum absolute atomic E-state index is 11.8. The van der Waals surface area contributed by atoms with Gasteiger partial charge in [0.1, 0.15) is 5.71 Å². The zero-order chi connectivity index (χ0) is 20.7. The van der Waals surface area contributed by atoms with E-state index in [1.54, 1.807) is 26.1 Å². The van der Waals surface area contributed by atoms with Crippen LogP contribution in [-0.2, 0) is 0 Å². The third kappa shape index (κ3) is 3.53. The number of allylic oxidation sites excluding steroid dienone is 2. The number of carbonyl (C=O) groups is 1. The van der Waals surface area contributed by atoms with Crippen LogP contribution in [-0.4, -0.2) is 53.2 Å². The normalized spacial score (nSPS) is 15.6. The average Bonchev–Trinajstić information content (AvgIpc) is 3.24. The number of nitrogens with one attached hydrogen (secondary N) is 1. The van der Waals surface area contributed by atoms with Crippen LogP contribution in [0.15, 0.2) is 28.7 Å². The number of aliphatic imine (C=N–C) groups is 1. The van der Waals surface area contributed by atoms with Gasteiger partial charge in [0.2, 0.25) is 0 Å². The molecule has 0 spiro atoms. The van der Waals surface area contributed by atoms with Crippen molar-refractivity contribution < 1.29 is 9.90 Å². The molecule has 11 nitrogen and oxygen atoms in total. The van der Waals surface area contributed by atoms with Crippen LogP contribution in [0.4, 0.5) is 0 Å². The number of rotatable bonds is 6. The highest BCUT2D eigenvalue weighted by Crippen LogP contribution is 2.29. The molecule has 0 aliphatic heterocycles. The number of amides is 1. The molecule has 1 aliphatic rings. The van der Waals surface area contributed by atoms with Gasteiger partial charge in [0.15, 0.2) is 17.3 Å². The van der Waals surface area contributed by atoms with Crippen LogP contribution in [0, 0.1) is 12.8 Å². The zero-order valence-corrected chi connectivity index (χ0v) is 16.0. The highest BCUT2D eigenvalue weighted by Gasteiger charge is 2.24. The van der Waals surface area contributed by atoms with Crippen LogP contribution >= 0.6 is 0 Å². The predicted molar refractivity (Wildman–Crippen MR) is 106 cm³/mol. The van der Waals surface area contributed by atoms with Crippen molar-refractivity contribution in [1.82, 2.24) is 29.9 Å². The number of nitrogens with zero attached hydrogens (tertiary/aromatic N) is 6. The van der Waals surface area contributed by atoms with Gasteiger partial charge in [-0.2, -0.15) is 14.8 Å². The summed E-state index contributed by atoms with van der Waals surface area (Å²) in [6.07, 6.45) is 3.81. The number of aliphatic hydroxyl groups excluding tert-OH is 1. The van der Waals surface area contributed by atoms with Gasteiger partial charge in [-0.15, -0.1) is 5.10 Å². The van der Waals surface area contributed by atoms with Crippen LogP contribution < -0.4 is 11.5 Å².